The number of para-hydroxylation sites is 1. The van der Waals surface area contributed by atoms with Gasteiger partial charge in [-0.05, 0) is 19.5 Å². The summed E-state index contributed by atoms with van der Waals surface area (Å²) in [5, 5.41) is 8.48. The standard InChI is InChI=1S/C15H23N3O2S/c1-5-16-13(11(2)21(4,19)20)10-14-12-8-6-7-9-15(12)18(3)17-14/h6-9,11,13,16H,5,10H2,1-4H3. The van der Waals surface area contributed by atoms with Crippen LogP contribution in [0.2, 0.25) is 0 Å². The maximum Gasteiger partial charge on any atom is 0.151 e. The fourth-order valence-electron chi connectivity index (χ4n) is 2.61. The topological polar surface area (TPSA) is 64.0 Å². The summed E-state index contributed by atoms with van der Waals surface area (Å²) in [5.41, 5.74) is 2.00. The summed E-state index contributed by atoms with van der Waals surface area (Å²) in [6, 6.07) is 7.88. The van der Waals surface area contributed by atoms with Crippen molar-refractivity contribution < 1.29 is 8.42 Å². The van der Waals surface area contributed by atoms with Gasteiger partial charge < -0.3 is 5.32 Å². The van der Waals surface area contributed by atoms with E-state index in [0.717, 1.165) is 23.1 Å². The molecule has 1 heterocycles. The first-order valence-electron chi connectivity index (χ1n) is 7.17. The fraction of sp³-hybridized carbons (Fsp3) is 0.533. The van der Waals surface area contributed by atoms with E-state index in [2.05, 4.69) is 10.4 Å². The molecule has 1 N–H and O–H groups in total. The van der Waals surface area contributed by atoms with E-state index in [0.29, 0.717) is 6.42 Å². The van der Waals surface area contributed by atoms with Crippen LogP contribution in [0.4, 0.5) is 0 Å². The van der Waals surface area contributed by atoms with Crippen LogP contribution in [0, 0.1) is 0 Å². The Balaban J connectivity index is 2.35. The molecule has 116 valence electrons. The molecular weight excluding hydrogens is 286 g/mol. The summed E-state index contributed by atoms with van der Waals surface area (Å²) < 4.78 is 25.5. The van der Waals surface area contributed by atoms with Gasteiger partial charge in [-0.15, -0.1) is 0 Å². The molecule has 2 unspecified atom stereocenters. The lowest BCUT2D eigenvalue weighted by atomic mass is 10.1. The molecule has 2 rings (SSSR count). The van der Waals surface area contributed by atoms with Gasteiger partial charge in [0.05, 0.1) is 16.5 Å². The first-order chi connectivity index (χ1) is 9.84. The van der Waals surface area contributed by atoms with Crippen LogP contribution in [0.1, 0.15) is 19.5 Å². The molecule has 6 heteroatoms. The molecule has 0 saturated heterocycles. The summed E-state index contributed by atoms with van der Waals surface area (Å²) in [7, 11) is -1.18. The summed E-state index contributed by atoms with van der Waals surface area (Å²) in [6.45, 7) is 4.47. The maximum absolute atomic E-state index is 11.8. The highest BCUT2D eigenvalue weighted by Gasteiger charge is 2.27. The highest BCUT2D eigenvalue weighted by Crippen LogP contribution is 2.20. The minimum atomic E-state index is -3.09. The third-order valence-electron chi connectivity index (χ3n) is 3.96. The number of aryl methyl sites for hydroxylation is 1. The smallest absolute Gasteiger partial charge is 0.151 e. The second-order valence-electron chi connectivity index (χ2n) is 5.49. The molecule has 0 aliphatic heterocycles. The molecule has 0 saturated carbocycles. The van der Waals surface area contributed by atoms with Gasteiger partial charge in [-0.1, -0.05) is 25.1 Å². The van der Waals surface area contributed by atoms with Crippen molar-refractivity contribution in [2.75, 3.05) is 12.8 Å². The SMILES string of the molecule is CCNC(Cc1nn(C)c2ccccc12)C(C)S(C)(=O)=O. The number of benzene rings is 1. The average molecular weight is 309 g/mol. The predicted octanol–water partition coefficient (Wildman–Crippen LogP) is 1.53. The first kappa shape index (κ1) is 16.0. The van der Waals surface area contributed by atoms with Gasteiger partial charge in [-0.2, -0.15) is 5.10 Å². The number of fused-ring (bicyclic) bond motifs is 1. The molecule has 0 bridgehead atoms. The van der Waals surface area contributed by atoms with E-state index >= 15 is 0 Å². The van der Waals surface area contributed by atoms with Crippen molar-refractivity contribution in [1.29, 1.82) is 0 Å². The Morgan fingerprint density at radius 1 is 1.33 bits per heavy atom. The van der Waals surface area contributed by atoms with Crippen LogP contribution in [-0.4, -0.2) is 42.3 Å². The number of nitrogens with zero attached hydrogens (tertiary/aromatic N) is 2. The normalized spacial score (nSPS) is 15.2. The van der Waals surface area contributed by atoms with E-state index in [1.54, 1.807) is 6.92 Å². The lowest BCUT2D eigenvalue weighted by Gasteiger charge is -2.22. The van der Waals surface area contributed by atoms with Crippen molar-refractivity contribution in [3.63, 3.8) is 0 Å². The highest BCUT2D eigenvalue weighted by molar-refractivity contribution is 7.91. The second kappa shape index (κ2) is 6.15. The molecule has 5 nitrogen and oxygen atoms in total. The molecule has 0 aliphatic rings. The van der Waals surface area contributed by atoms with Gasteiger partial charge >= 0.3 is 0 Å². The molecule has 1 aromatic carbocycles. The molecule has 0 fully saturated rings. The van der Waals surface area contributed by atoms with Crippen LogP contribution in [0.15, 0.2) is 24.3 Å². The minimum Gasteiger partial charge on any atom is -0.313 e. The molecular formula is C15H23N3O2S. The Morgan fingerprint density at radius 2 is 2.00 bits per heavy atom. The molecule has 2 atom stereocenters. The number of aromatic nitrogens is 2. The molecule has 0 amide bonds. The van der Waals surface area contributed by atoms with Gasteiger partial charge in [-0.25, -0.2) is 8.42 Å². The van der Waals surface area contributed by atoms with E-state index in [1.807, 2.05) is 42.9 Å². The Labute approximate surface area is 126 Å². The lowest BCUT2D eigenvalue weighted by Crippen LogP contribution is -2.43. The van der Waals surface area contributed by atoms with Crippen molar-refractivity contribution in [3.05, 3.63) is 30.0 Å². The lowest BCUT2D eigenvalue weighted by molar-refractivity contribution is 0.489. The zero-order valence-electron chi connectivity index (χ0n) is 13.0. The van der Waals surface area contributed by atoms with Crippen molar-refractivity contribution >= 4 is 20.7 Å². The van der Waals surface area contributed by atoms with E-state index in [-0.39, 0.29) is 6.04 Å². The van der Waals surface area contributed by atoms with Crippen LogP contribution in [-0.2, 0) is 23.3 Å². The van der Waals surface area contributed by atoms with Gasteiger partial charge in [-0.3, -0.25) is 4.68 Å². The van der Waals surface area contributed by atoms with Gasteiger partial charge in [0.2, 0.25) is 0 Å². The summed E-state index contributed by atoms with van der Waals surface area (Å²) in [4.78, 5) is 0. The summed E-state index contributed by atoms with van der Waals surface area (Å²) >= 11 is 0. The largest absolute Gasteiger partial charge is 0.313 e. The summed E-state index contributed by atoms with van der Waals surface area (Å²) in [6.07, 6.45) is 1.89. The minimum absolute atomic E-state index is 0.136. The van der Waals surface area contributed by atoms with E-state index < -0.39 is 15.1 Å². The number of hydrogen-bond donors (Lipinski definition) is 1. The third kappa shape index (κ3) is 3.44. The van der Waals surface area contributed by atoms with E-state index in [4.69, 9.17) is 0 Å². The van der Waals surface area contributed by atoms with Gasteiger partial charge in [0.25, 0.3) is 0 Å². The Morgan fingerprint density at radius 3 is 2.62 bits per heavy atom. The zero-order valence-corrected chi connectivity index (χ0v) is 13.8. The number of likely N-dealkylation sites (N-methyl/N-ethyl adjacent to an activating group) is 1. The quantitative estimate of drug-likeness (QED) is 0.879. The number of sulfone groups is 1. The van der Waals surface area contributed by atoms with Crippen LogP contribution in [0.25, 0.3) is 10.9 Å². The second-order valence-corrected chi connectivity index (χ2v) is 7.89. The van der Waals surface area contributed by atoms with Crippen LogP contribution in [0.5, 0.6) is 0 Å². The predicted molar refractivity (Wildman–Crippen MR) is 86.2 cm³/mol. The van der Waals surface area contributed by atoms with Gasteiger partial charge in [0.15, 0.2) is 9.84 Å². The molecule has 1 aromatic heterocycles. The Bertz CT molecular complexity index is 722. The van der Waals surface area contributed by atoms with Crippen molar-refractivity contribution in [3.8, 4) is 0 Å². The Hall–Kier alpha value is -1.40. The van der Waals surface area contributed by atoms with Crippen LogP contribution in [0.3, 0.4) is 0 Å². The van der Waals surface area contributed by atoms with E-state index in [9.17, 15) is 8.42 Å². The van der Waals surface area contributed by atoms with Gasteiger partial charge in [0.1, 0.15) is 0 Å². The Kier molecular flexibility index (Phi) is 4.68. The molecule has 0 spiro atoms. The number of hydrogen-bond acceptors (Lipinski definition) is 4. The number of rotatable bonds is 6. The van der Waals surface area contributed by atoms with Crippen molar-refractivity contribution in [2.24, 2.45) is 7.05 Å². The molecule has 0 radical (unpaired) electrons. The summed E-state index contributed by atoms with van der Waals surface area (Å²) in [5.74, 6) is 0. The van der Waals surface area contributed by atoms with Crippen molar-refractivity contribution in [1.82, 2.24) is 15.1 Å². The fourth-order valence-corrected chi connectivity index (χ4v) is 3.40. The van der Waals surface area contributed by atoms with Crippen molar-refractivity contribution in [2.45, 2.75) is 31.6 Å². The van der Waals surface area contributed by atoms with Gasteiger partial charge in [0, 0.05) is 31.2 Å². The first-order valence-corrected chi connectivity index (χ1v) is 9.13. The zero-order chi connectivity index (χ0) is 15.6. The monoisotopic (exact) mass is 309 g/mol. The highest BCUT2D eigenvalue weighted by atomic mass is 32.2. The number of nitrogens with one attached hydrogen (secondary N) is 1. The molecule has 2 aromatic rings. The van der Waals surface area contributed by atoms with Crippen LogP contribution >= 0.6 is 0 Å². The average Bonchev–Trinajstić information content (AvgIpc) is 2.74. The van der Waals surface area contributed by atoms with Crippen LogP contribution < -0.4 is 5.32 Å². The third-order valence-corrected chi connectivity index (χ3v) is 5.64. The van der Waals surface area contributed by atoms with E-state index in [1.165, 1.54) is 6.26 Å². The maximum atomic E-state index is 11.8. The molecule has 0 aliphatic carbocycles. The molecule has 21 heavy (non-hydrogen) atoms.